The van der Waals surface area contributed by atoms with Crippen molar-refractivity contribution in [2.75, 3.05) is 0 Å². The molecule has 2 aliphatic carbocycles. The molecular weight excluding hydrogens is 316 g/mol. The quantitative estimate of drug-likeness (QED) is 0.700. The van der Waals surface area contributed by atoms with Gasteiger partial charge in [-0.15, -0.1) is 0 Å². The fourth-order valence-corrected chi connectivity index (χ4v) is 5.77. The van der Waals surface area contributed by atoms with Crippen molar-refractivity contribution in [2.45, 2.75) is 79.1 Å². The Hall–Kier alpha value is -1.06. The summed E-state index contributed by atoms with van der Waals surface area (Å²) in [5.41, 5.74) is 0.161. The minimum Gasteiger partial charge on any atom is -0.481 e. The summed E-state index contributed by atoms with van der Waals surface area (Å²) in [4.78, 5) is 23.0. The van der Waals surface area contributed by atoms with Gasteiger partial charge in [0.05, 0.1) is 11.8 Å². The number of hydrogen-bond donors (Lipinski definition) is 2. The largest absolute Gasteiger partial charge is 0.481 e. The molecule has 0 radical (unpaired) electrons. The van der Waals surface area contributed by atoms with Gasteiger partial charge in [0.25, 0.3) is 0 Å². The second-order valence-electron chi connectivity index (χ2n) is 9.07. The molecule has 2 saturated carbocycles. The van der Waals surface area contributed by atoms with Crippen molar-refractivity contribution < 1.29 is 19.8 Å². The minimum absolute atomic E-state index is 0.161. The Morgan fingerprint density at radius 2 is 1.16 bits per heavy atom. The Balaban J connectivity index is 2.08. The molecule has 0 aromatic rings. The van der Waals surface area contributed by atoms with Gasteiger partial charge in [-0.2, -0.15) is 0 Å². The van der Waals surface area contributed by atoms with Gasteiger partial charge in [-0.25, -0.2) is 0 Å². The van der Waals surface area contributed by atoms with Crippen molar-refractivity contribution >= 4 is 11.9 Å². The first-order valence-corrected chi connectivity index (χ1v) is 10.2. The Morgan fingerprint density at radius 3 is 1.44 bits per heavy atom. The van der Waals surface area contributed by atoms with Crippen LogP contribution >= 0.6 is 0 Å². The highest BCUT2D eigenvalue weighted by Crippen LogP contribution is 2.52. The molecule has 2 N–H and O–H groups in total. The van der Waals surface area contributed by atoms with E-state index in [1.54, 1.807) is 0 Å². The van der Waals surface area contributed by atoms with Gasteiger partial charge in [0.1, 0.15) is 0 Å². The third-order valence-electron chi connectivity index (χ3n) is 7.75. The molecule has 0 heterocycles. The number of hydrogen-bond acceptors (Lipinski definition) is 2. The van der Waals surface area contributed by atoms with E-state index in [1.807, 2.05) is 0 Å². The summed E-state index contributed by atoms with van der Waals surface area (Å²) in [6.45, 7) is 8.93. The normalized spacial score (nSPS) is 36.8. The number of carbonyl (C=O) groups is 2. The van der Waals surface area contributed by atoms with Crippen molar-refractivity contribution in [3.05, 3.63) is 0 Å². The SMILES string of the molecule is CCC1CC(C(C)(C)C2CCC(C(=O)O)C(CC)C2)CCC1C(=O)O. The lowest BCUT2D eigenvalue weighted by Crippen LogP contribution is -2.43. The lowest BCUT2D eigenvalue weighted by Gasteiger charge is -2.49. The van der Waals surface area contributed by atoms with Gasteiger partial charge < -0.3 is 10.2 Å². The zero-order valence-corrected chi connectivity index (χ0v) is 16.3. The zero-order chi connectivity index (χ0) is 18.8. The fourth-order valence-electron chi connectivity index (χ4n) is 5.77. The average Bonchev–Trinajstić information content (AvgIpc) is 2.60. The average molecular weight is 353 g/mol. The first-order chi connectivity index (χ1) is 11.7. The fraction of sp³-hybridized carbons (Fsp3) is 0.905. The van der Waals surface area contributed by atoms with Crippen LogP contribution in [0.1, 0.15) is 79.1 Å². The summed E-state index contributed by atoms with van der Waals surface area (Å²) in [5, 5.41) is 18.9. The predicted molar refractivity (Wildman–Crippen MR) is 98.3 cm³/mol. The van der Waals surface area contributed by atoms with Crippen molar-refractivity contribution in [1.29, 1.82) is 0 Å². The van der Waals surface area contributed by atoms with Crippen molar-refractivity contribution in [3.8, 4) is 0 Å². The molecule has 2 rings (SSSR count). The number of rotatable bonds is 6. The Bertz CT molecular complexity index is 442. The summed E-state index contributed by atoms with van der Waals surface area (Å²) in [7, 11) is 0. The van der Waals surface area contributed by atoms with Gasteiger partial charge in [0, 0.05) is 0 Å². The standard InChI is InChI=1S/C21H36O4/c1-5-13-11-15(7-9-17(13)19(22)23)21(3,4)16-8-10-18(20(24)25)14(6-2)12-16/h13-18H,5-12H2,1-4H3,(H,22,23)(H,24,25). The first-order valence-electron chi connectivity index (χ1n) is 10.2. The van der Waals surface area contributed by atoms with Crippen LogP contribution in [0.2, 0.25) is 0 Å². The second-order valence-corrected chi connectivity index (χ2v) is 9.07. The Morgan fingerprint density at radius 1 is 0.800 bits per heavy atom. The van der Waals surface area contributed by atoms with Gasteiger partial charge >= 0.3 is 11.9 Å². The summed E-state index contributed by atoms with van der Waals surface area (Å²) in [6.07, 6.45) is 7.48. The molecule has 0 bridgehead atoms. The molecule has 4 nitrogen and oxygen atoms in total. The van der Waals surface area contributed by atoms with Crippen LogP contribution in [0.5, 0.6) is 0 Å². The Kier molecular flexibility index (Phi) is 6.56. The van der Waals surface area contributed by atoms with Crippen LogP contribution in [0.3, 0.4) is 0 Å². The zero-order valence-electron chi connectivity index (χ0n) is 16.3. The molecule has 0 aromatic heterocycles. The highest BCUT2D eigenvalue weighted by atomic mass is 16.4. The topological polar surface area (TPSA) is 74.6 Å². The maximum Gasteiger partial charge on any atom is 0.306 e. The monoisotopic (exact) mass is 352 g/mol. The van der Waals surface area contributed by atoms with Crippen LogP contribution in [-0.2, 0) is 9.59 Å². The third-order valence-corrected chi connectivity index (χ3v) is 7.75. The van der Waals surface area contributed by atoms with E-state index in [2.05, 4.69) is 27.7 Å². The van der Waals surface area contributed by atoms with Crippen LogP contribution in [-0.4, -0.2) is 22.2 Å². The Labute approximate surface area is 152 Å². The lowest BCUT2D eigenvalue weighted by molar-refractivity contribution is -0.147. The van der Waals surface area contributed by atoms with Crippen LogP contribution < -0.4 is 0 Å². The van der Waals surface area contributed by atoms with E-state index in [1.165, 1.54) is 0 Å². The maximum atomic E-state index is 11.5. The van der Waals surface area contributed by atoms with E-state index >= 15 is 0 Å². The smallest absolute Gasteiger partial charge is 0.306 e. The van der Waals surface area contributed by atoms with Crippen LogP contribution in [0, 0.1) is 40.9 Å². The van der Waals surface area contributed by atoms with Crippen LogP contribution in [0.15, 0.2) is 0 Å². The second kappa shape index (κ2) is 8.09. The maximum absolute atomic E-state index is 11.5. The first kappa shape index (κ1) is 20.3. The molecular formula is C21H36O4. The molecule has 2 aliphatic rings. The summed E-state index contributed by atoms with van der Waals surface area (Å²) >= 11 is 0. The number of aliphatic carboxylic acids is 2. The van der Waals surface area contributed by atoms with Crippen molar-refractivity contribution in [2.24, 2.45) is 40.9 Å². The third kappa shape index (κ3) is 4.20. The van der Waals surface area contributed by atoms with Gasteiger partial charge in [0.2, 0.25) is 0 Å². The number of carboxylic acid groups (broad SMARTS) is 2. The summed E-state index contributed by atoms with van der Waals surface area (Å²) < 4.78 is 0. The summed E-state index contributed by atoms with van der Waals surface area (Å²) in [5.74, 6) is 0.0631. The molecule has 25 heavy (non-hydrogen) atoms. The molecule has 0 saturated heterocycles. The van der Waals surface area contributed by atoms with E-state index in [0.717, 1.165) is 51.4 Å². The molecule has 144 valence electrons. The van der Waals surface area contributed by atoms with E-state index in [-0.39, 0.29) is 29.1 Å². The molecule has 0 spiro atoms. The van der Waals surface area contributed by atoms with Gasteiger partial charge in [-0.3, -0.25) is 9.59 Å². The predicted octanol–water partition coefficient (Wildman–Crippen LogP) is 5.07. The van der Waals surface area contributed by atoms with Gasteiger partial charge in [-0.05, 0) is 67.6 Å². The summed E-state index contributed by atoms with van der Waals surface area (Å²) in [6, 6.07) is 0. The number of carboxylic acids is 2. The van der Waals surface area contributed by atoms with Gasteiger partial charge in [-0.1, -0.05) is 40.5 Å². The van der Waals surface area contributed by atoms with E-state index in [9.17, 15) is 19.8 Å². The molecule has 4 heteroatoms. The van der Waals surface area contributed by atoms with Crippen molar-refractivity contribution in [3.63, 3.8) is 0 Å². The lowest BCUT2D eigenvalue weighted by atomic mass is 9.56. The molecule has 6 unspecified atom stereocenters. The molecule has 0 amide bonds. The van der Waals surface area contributed by atoms with Crippen molar-refractivity contribution in [1.82, 2.24) is 0 Å². The van der Waals surface area contributed by atoms with E-state index in [0.29, 0.717) is 11.8 Å². The van der Waals surface area contributed by atoms with Gasteiger partial charge in [0.15, 0.2) is 0 Å². The highest BCUT2D eigenvalue weighted by molar-refractivity contribution is 5.70. The minimum atomic E-state index is -0.629. The van der Waals surface area contributed by atoms with Crippen LogP contribution in [0.25, 0.3) is 0 Å². The van der Waals surface area contributed by atoms with E-state index < -0.39 is 11.9 Å². The molecule has 0 aromatic carbocycles. The molecule has 6 atom stereocenters. The van der Waals surface area contributed by atoms with E-state index in [4.69, 9.17) is 0 Å². The molecule has 0 aliphatic heterocycles. The highest BCUT2D eigenvalue weighted by Gasteiger charge is 2.46. The van der Waals surface area contributed by atoms with Crippen LogP contribution in [0.4, 0.5) is 0 Å². The molecule has 2 fully saturated rings.